The summed E-state index contributed by atoms with van der Waals surface area (Å²) in [4.78, 5) is 10.6. The van der Waals surface area contributed by atoms with Crippen molar-refractivity contribution >= 4 is 11.4 Å². The summed E-state index contributed by atoms with van der Waals surface area (Å²) in [6, 6.07) is 11.7. The van der Waals surface area contributed by atoms with Crippen LogP contribution in [0.2, 0.25) is 0 Å². The van der Waals surface area contributed by atoms with Crippen molar-refractivity contribution in [3.63, 3.8) is 0 Å². The molecule has 2 aromatic rings. The number of nitro benzene ring substituents is 1. The maximum absolute atomic E-state index is 10.9. The number of hydrogen-bond donors (Lipinski definition) is 2. The molecule has 5 nitrogen and oxygen atoms in total. The molecule has 0 unspecified atom stereocenters. The fourth-order valence-corrected chi connectivity index (χ4v) is 2.58. The number of nitrogens with one attached hydrogen (secondary N) is 2. The molecule has 3 rings (SSSR count). The van der Waals surface area contributed by atoms with Crippen molar-refractivity contribution in [3.05, 3.63) is 68.8 Å². The molecule has 0 saturated carbocycles. The summed E-state index contributed by atoms with van der Waals surface area (Å²) in [5.74, 6) is 0. The Kier molecular flexibility index (Phi) is 3.58. The Labute approximate surface area is 123 Å². The standard InChI is InChI=1S/C16H17N3O2/c1-11-2-5-15(7-16(11)19(20)21)18-8-12-3-4-13-9-17-10-14(13)6-12/h2-7,17-18H,8-10H2,1H3. The van der Waals surface area contributed by atoms with Crippen LogP contribution in [0.15, 0.2) is 36.4 Å². The largest absolute Gasteiger partial charge is 0.381 e. The van der Waals surface area contributed by atoms with Gasteiger partial charge in [-0.05, 0) is 29.7 Å². The van der Waals surface area contributed by atoms with Crippen LogP contribution in [0.5, 0.6) is 0 Å². The molecule has 0 radical (unpaired) electrons. The zero-order valence-corrected chi connectivity index (χ0v) is 11.8. The van der Waals surface area contributed by atoms with Crippen molar-refractivity contribution in [1.82, 2.24) is 5.32 Å². The highest BCUT2D eigenvalue weighted by atomic mass is 16.6. The Hall–Kier alpha value is -2.40. The van der Waals surface area contributed by atoms with Crippen molar-refractivity contribution in [2.75, 3.05) is 5.32 Å². The van der Waals surface area contributed by atoms with Gasteiger partial charge in [0.25, 0.3) is 5.69 Å². The summed E-state index contributed by atoms with van der Waals surface area (Å²) < 4.78 is 0. The molecule has 2 aromatic carbocycles. The number of anilines is 1. The minimum atomic E-state index is -0.346. The van der Waals surface area contributed by atoms with E-state index in [1.807, 2.05) is 6.07 Å². The van der Waals surface area contributed by atoms with Crippen LogP contribution >= 0.6 is 0 Å². The molecule has 0 saturated heterocycles. The lowest BCUT2D eigenvalue weighted by Gasteiger charge is -2.09. The van der Waals surface area contributed by atoms with Gasteiger partial charge in [0.2, 0.25) is 0 Å². The molecular formula is C16H17N3O2. The first-order chi connectivity index (χ1) is 10.1. The Morgan fingerprint density at radius 2 is 2.00 bits per heavy atom. The first kappa shape index (κ1) is 13.6. The molecule has 1 heterocycles. The SMILES string of the molecule is Cc1ccc(NCc2ccc3c(c2)CNC3)cc1[N+](=O)[O-]. The number of fused-ring (bicyclic) bond motifs is 1. The van der Waals surface area contributed by atoms with E-state index in [4.69, 9.17) is 0 Å². The summed E-state index contributed by atoms with van der Waals surface area (Å²) in [7, 11) is 0. The molecule has 0 atom stereocenters. The first-order valence-corrected chi connectivity index (χ1v) is 6.94. The maximum Gasteiger partial charge on any atom is 0.274 e. The van der Waals surface area contributed by atoms with Crippen LogP contribution in [-0.4, -0.2) is 4.92 Å². The minimum absolute atomic E-state index is 0.151. The minimum Gasteiger partial charge on any atom is -0.381 e. The third-order valence-corrected chi connectivity index (χ3v) is 3.80. The van der Waals surface area contributed by atoms with Crippen LogP contribution < -0.4 is 10.6 Å². The van der Waals surface area contributed by atoms with Crippen LogP contribution in [0.25, 0.3) is 0 Å². The average molecular weight is 283 g/mol. The predicted octanol–water partition coefficient (Wildman–Crippen LogP) is 3.12. The number of benzene rings is 2. The lowest BCUT2D eigenvalue weighted by molar-refractivity contribution is -0.385. The predicted molar refractivity (Wildman–Crippen MR) is 82.1 cm³/mol. The molecule has 1 aliphatic rings. The lowest BCUT2D eigenvalue weighted by atomic mass is 10.1. The highest BCUT2D eigenvalue weighted by molar-refractivity contribution is 5.55. The van der Waals surface area contributed by atoms with Crippen LogP contribution in [0.1, 0.15) is 22.3 Å². The van der Waals surface area contributed by atoms with Gasteiger partial charge in [0.1, 0.15) is 0 Å². The van der Waals surface area contributed by atoms with E-state index in [0.29, 0.717) is 12.1 Å². The van der Waals surface area contributed by atoms with E-state index in [0.717, 1.165) is 18.8 Å². The van der Waals surface area contributed by atoms with Gasteiger partial charge in [-0.25, -0.2) is 0 Å². The van der Waals surface area contributed by atoms with E-state index in [2.05, 4.69) is 28.8 Å². The fourth-order valence-electron chi connectivity index (χ4n) is 2.58. The van der Waals surface area contributed by atoms with Gasteiger partial charge in [0.15, 0.2) is 0 Å². The lowest BCUT2D eigenvalue weighted by Crippen LogP contribution is -2.02. The van der Waals surface area contributed by atoms with E-state index in [-0.39, 0.29) is 10.6 Å². The molecule has 0 spiro atoms. The van der Waals surface area contributed by atoms with Gasteiger partial charge < -0.3 is 10.6 Å². The summed E-state index contributed by atoms with van der Waals surface area (Å²) >= 11 is 0. The van der Waals surface area contributed by atoms with Gasteiger partial charge in [-0.3, -0.25) is 10.1 Å². The first-order valence-electron chi connectivity index (χ1n) is 6.94. The zero-order valence-electron chi connectivity index (χ0n) is 11.8. The Morgan fingerprint density at radius 1 is 1.19 bits per heavy atom. The van der Waals surface area contributed by atoms with Gasteiger partial charge in [-0.1, -0.05) is 24.3 Å². The summed E-state index contributed by atoms with van der Waals surface area (Å²) in [6.45, 7) is 4.26. The monoisotopic (exact) mass is 283 g/mol. The molecule has 5 heteroatoms. The smallest absolute Gasteiger partial charge is 0.274 e. The normalized spacial score (nSPS) is 13.0. The second kappa shape index (κ2) is 5.54. The van der Waals surface area contributed by atoms with E-state index in [1.165, 1.54) is 16.7 Å². The van der Waals surface area contributed by atoms with Crippen LogP contribution in [0.4, 0.5) is 11.4 Å². The second-order valence-corrected chi connectivity index (χ2v) is 5.32. The maximum atomic E-state index is 10.9. The number of aryl methyl sites for hydroxylation is 1. The number of hydrogen-bond acceptors (Lipinski definition) is 4. The number of nitro groups is 1. The Morgan fingerprint density at radius 3 is 2.81 bits per heavy atom. The third-order valence-electron chi connectivity index (χ3n) is 3.80. The molecule has 1 aliphatic heterocycles. The van der Waals surface area contributed by atoms with E-state index in [9.17, 15) is 10.1 Å². The highest BCUT2D eigenvalue weighted by Gasteiger charge is 2.12. The summed E-state index contributed by atoms with van der Waals surface area (Å²) in [5, 5.41) is 17.5. The average Bonchev–Trinajstić information content (AvgIpc) is 2.93. The molecule has 0 fully saturated rings. The van der Waals surface area contributed by atoms with Crippen LogP contribution in [-0.2, 0) is 19.6 Å². The highest BCUT2D eigenvalue weighted by Crippen LogP contribution is 2.23. The Bertz CT molecular complexity index is 698. The van der Waals surface area contributed by atoms with Gasteiger partial charge >= 0.3 is 0 Å². The molecule has 2 N–H and O–H groups in total. The van der Waals surface area contributed by atoms with Crippen molar-refractivity contribution < 1.29 is 4.92 Å². The van der Waals surface area contributed by atoms with Crippen molar-refractivity contribution in [2.45, 2.75) is 26.6 Å². The summed E-state index contributed by atoms with van der Waals surface area (Å²) in [6.07, 6.45) is 0. The molecule has 108 valence electrons. The zero-order chi connectivity index (χ0) is 14.8. The molecular weight excluding hydrogens is 266 g/mol. The Balaban J connectivity index is 1.73. The third kappa shape index (κ3) is 2.87. The van der Waals surface area contributed by atoms with E-state index in [1.54, 1.807) is 19.1 Å². The molecule has 0 aliphatic carbocycles. The second-order valence-electron chi connectivity index (χ2n) is 5.32. The molecule has 0 amide bonds. The van der Waals surface area contributed by atoms with Gasteiger partial charge in [0, 0.05) is 37.0 Å². The molecule has 0 bridgehead atoms. The number of rotatable bonds is 4. The quantitative estimate of drug-likeness (QED) is 0.668. The van der Waals surface area contributed by atoms with Crippen molar-refractivity contribution in [3.8, 4) is 0 Å². The fraction of sp³-hybridized carbons (Fsp3) is 0.250. The summed E-state index contributed by atoms with van der Waals surface area (Å²) in [5.41, 5.74) is 5.47. The van der Waals surface area contributed by atoms with Gasteiger partial charge in [-0.2, -0.15) is 0 Å². The topological polar surface area (TPSA) is 67.2 Å². The van der Waals surface area contributed by atoms with Crippen LogP contribution in [0.3, 0.4) is 0 Å². The number of nitrogens with zero attached hydrogens (tertiary/aromatic N) is 1. The van der Waals surface area contributed by atoms with Gasteiger partial charge in [-0.15, -0.1) is 0 Å². The molecule has 21 heavy (non-hydrogen) atoms. The van der Waals surface area contributed by atoms with Crippen LogP contribution in [0, 0.1) is 17.0 Å². The molecule has 0 aromatic heterocycles. The van der Waals surface area contributed by atoms with E-state index < -0.39 is 0 Å². The van der Waals surface area contributed by atoms with Gasteiger partial charge in [0.05, 0.1) is 4.92 Å². The van der Waals surface area contributed by atoms with Crippen molar-refractivity contribution in [2.24, 2.45) is 0 Å². The van der Waals surface area contributed by atoms with E-state index >= 15 is 0 Å². The van der Waals surface area contributed by atoms with Crippen molar-refractivity contribution in [1.29, 1.82) is 0 Å².